The summed E-state index contributed by atoms with van der Waals surface area (Å²) in [5.41, 5.74) is 0. The highest BCUT2D eigenvalue weighted by molar-refractivity contribution is 7.80. The number of ether oxygens (including phenoxy) is 4. The number of carbonyl (C=O) groups excluding carboxylic acids is 1. The zero-order valence-corrected chi connectivity index (χ0v) is 38.6. The van der Waals surface area contributed by atoms with Crippen LogP contribution in [0.5, 0.6) is 0 Å². The van der Waals surface area contributed by atoms with Gasteiger partial charge in [-0.2, -0.15) is 8.42 Å². The van der Waals surface area contributed by atoms with Gasteiger partial charge in [-0.25, -0.2) is 4.18 Å². The predicted octanol–water partition coefficient (Wildman–Crippen LogP) is 10.4. The fourth-order valence-electron chi connectivity index (χ4n) is 7.35. The summed E-state index contributed by atoms with van der Waals surface area (Å²) in [4.78, 5) is 12.8. The van der Waals surface area contributed by atoms with Crippen molar-refractivity contribution in [3.8, 4) is 0 Å². The van der Waals surface area contributed by atoms with Gasteiger partial charge in [0.1, 0.15) is 30.5 Å². The van der Waals surface area contributed by atoms with Crippen LogP contribution in [0.3, 0.4) is 0 Å². The minimum absolute atomic E-state index is 0.0341. The average Bonchev–Trinajstić information content (AvgIpc) is 3.22. The molecule has 1 rings (SSSR count). The molecule has 1 fully saturated rings. The molecular formula is C47H88O12S. The van der Waals surface area contributed by atoms with Crippen molar-refractivity contribution in [3.63, 3.8) is 0 Å². The van der Waals surface area contributed by atoms with E-state index in [0.717, 1.165) is 57.8 Å². The van der Waals surface area contributed by atoms with Gasteiger partial charge < -0.3 is 34.3 Å². The van der Waals surface area contributed by atoms with Gasteiger partial charge in [-0.3, -0.25) is 9.35 Å². The van der Waals surface area contributed by atoms with Crippen LogP contribution in [0.2, 0.25) is 0 Å². The average molecular weight is 877 g/mol. The van der Waals surface area contributed by atoms with Crippen LogP contribution in [0.25, 0.3) is 0 Å². The van der Waals surface area contributed by atoms with E-state index < -0.39 is 59.8 Å². The Morgan fingerprint density at radius 1 is 0.617 bits per heavy atom. The van der Waals surface area contributed by atoms with E-state index in [9.17, 15) is 28.5 Å². The molecule has 0 aromatic rings. The van der Waals surface area contributed by atoms with E-state index in [0.29, 0.717) is 13.0 Å². The number of aliphatic hydroxyl groups is 3. The lowest BCUT2D eigenvalue weighted by molar-refractivity contribution is -0.301. The molecule has 0 aromatic carbocycles. The highest BCUT2D eigenvalue weighted by Gasteiger charge is 2.48. The Kier molecular flexibility index (Phi) is 37.0. The Bertz CT molecular complexity index is 1150. The van der Waals surface area contributed by atoms with Crippen molar-refractivity contribution in [2.45, 2.75) is 243 Å². The SMILES string of the molecule is CCCC/C=C\CCCCCCCC(=O)OC(COCCCCCCCCCCCC/C=C\CCCCCCCCCC)COC1OC(CO)C(O)C(OS(=O)(=O)O)C1O. The quantitative estimate of drug-likeness (QED) is 0.0198. The molecule has 0 bridgehead atoms. The summed E-state index contributed by atoms with van der Waals surface area (Å²) >= 11 is 0. The van der Waals surface area contributed by atoms with Gasteiger partial charge in [-0.15, -0.1) is 0 Å². The molecule has 0 amide bonds. The summed E-state index contributed by atoms with van der Waals surface area (Å²) in [6.45, 7) is 3.95. The lowest BCUT2D eigenvalue weighted by Crippen LogP contribution is -2.60. The van der Waals surface area contributed by atoms with Gasteiger partial charge in [0.15, 0.2) is 6.29 Å². The maximum Gasteiger partial charge on any atom is 0.397 e. The summed E-state index contributed by atoms with van der Waals surface area (Å²) < 4.78 is 59.0. The van der Waals surface area contributed by atoms with Crippen LogP contribution in [0.4, 0.5) is 0 Å². The van der Waals surface area contributed by atoms with Gasteiger partial charge in [0.2, 0.25) is 0 Å². The molecule has 1 aliphatic heterocycles. The monoisotopic (exact) mass is 877 g/mol. The van der Waals surface area contributed by atoms with E-state index in [2.05, 4.69) is 42.3 Å². The Morgan fingerprint density at radius 2 is 1.07 bits per heavy atom. The Morgan fingerprint density at radius 3 is 1.55 bits per heavy atom. The fourth-order valence-corrected chi connectivity index (χ4v) is 7.86. The number of allylic oxidation sites excluding steroid dienone is 4. The van der Waals surface area contributed by atoms with Crippen LogP contribution >= 0.6 is 0 Å². The van der Waals surface area contributed by atoms with E-state index in [1.165, 1.54) is 122 Å². The van der Waals surface area contributed by atoms with E-state index >= 15 is 0 Å². The van der Waals surface area contributed by atoms with Crippen molar-refractivity contribution in [1.29, 1.82) is 0 Å². The Labute approximate surface area is 365 Å². The summed E-state index contributed by atoms with van der Waals surface area (Å²) in [6.07, 6.45) is 35.1. The second-order valence-electron chi connectivity index (χ2n) is 16.7. The Balaban J connectivity index is 2.33. The molecule has 0 radical (unpaired) electrons. The van der Waals surface area contributed by atoms with Crippen molar-refractivity contribution in [3.05, 3.63) is 24.3 Å². The van der Waals surface area contributed by atoms with Crippen molar-refractivity contribution < 1.29 is 56.2 Å². The number of unbranched alkanes of at least 4 members (excludes halogenated alkanes) is 25. The van der Waals surface area contributed by atoms with Gasteiger partial charge in [0.05, 0.1) is 19.8 Å². The topological polar surface area (TPSA) is 178 Å². The summed E-state index contributed by atoms with van der Waals surface area (Å²) in [5.74, 6) is -0.409. The standard InChI is InChI=1S/C47H88O12S/c1-3-5-7-9-11-13-15-16-17-18-19-20-21-22-23-24-25-27-29-31-33-35-37-55-39-41(57-43(49)36-34-32-30-28-26-14-12-10-8-6-4-2)40-56-47-45(51)46(59-60(52,53)54)44(50)42(38-48)58-47/h10,12,18-19,41-42,44-48,50-51H,3-9,11,13-17,20-40H2,1-2H3,(H,52,53,54)/b12-10-,19-18-. The first-order valence-electron chi connectivity index (χ1n) is 24.1. The maximum absolute atomic E-state index is 12.8. The molecule has 4 N–H and O–H groups in total. The molecule has 1 saturated heterocycles. The zero-order chi connectivity index (χ0) is 43.9. The normalized spacial score (nSPS) is 20.4. The lowest BCUT2D eigenvalue weighted by atomic mass is 9.99. The number of hydrogen-bond acceptors (Lipinski definition) is 11. The molecular weight excluding hydrogens is 789 g/mol. The molecule has 6 atom stereocenters. The molecule has 12 nitrogen and oxygen atoms in total. The van der Waals surface area contributed by atoms with Crippen molar-refractivity contribution in [2.75, 3.05) is 26.4 Å². The van der Waals surface area contributed by atoms with Gasteiger partial charge in [0, 0.05) is 13.0 Å². The third-order valence-electron chi connectivity index (χ3n) is 11.0. The molecule has 0 saturated carbocycles. The summed E-state index contributed by atoms with van der Waals surface area (Å²) in [6, 6.07) is 0. The molecule has 6 unspecified atom stereocenters. The molecule has 0 aromatic heterocycles. The van der Waals surface area contributed by atoms with Crippen LogP contribution in [0.1, 0.15) is 206 Å². The van der Waals surface area contributed by atoms with E-state index in [1.807, 2.05) is 0 Å². The third kappa shape index (κ3) is 32.3. The van der Waals surface area contributed by atoms with E-state index in [4.69, 9.17) is 23.5 Å². The van der Waals surface area contributed by atoms with Gasteiger partial charge in [-0.05, 0) is 57.8 Å². The molecule has 1 heterocycles. The zero-order valence-electron chi connectivity index (χ0n) is 37.8. The molecule has 0 aliphatic carbocycles. The third-order valence-corrected chi connectivity index (χ3v) is 11.5. The number of aliphatic hydroxyl groups excluding tert-OH is 3. The number of rotatable bonds is 42. The first kappa shape index (κ1) is 56.6. The largest absolute Gasteiger partial charge is 0.457 e. The van der Waals surface area contributed by atoms with Crippen LogP contribution in [0.15, 0.2) is 24.3 Å². The summed E-state index contributed by atoms with van der Waals surface area (Å²) in [7, 11) is -5.06. The van der Waals surface area contributed by atoms with Crippen molar-refractivity contribution >= 4 is 16.4 Å². The van der Waals surface area contributed by atoms with Gasteiger partial charge >= 0.3 is 16.4 Å². The highest BCUT2D eigenvalue weighted by atomic mass is 32.3. The Hall–Kier alpha value is -1.42. The van der Waals surface area contributed by atoms with Gasteiger partial charge in [0.25, 0.3) is 0 Å². The van der Waals surface area contributed by atoms with E-state index in [-0.39, 0.29) is 19.6 Å². The molecule has 13 heteroatoms. The first-order chi connectivity index (χ1) is 29.1. The molecule has 1 aliphatic rings. The van der Waals surface area contributed by atoms with Crippen LogP contribution in [-0.4, -0.2) is 97.5 Å². The number of hydrogen-bond donors (Lipinski definition) is 4. The van der Waals surface area contributed by atoms with Crippen LogP contribution in [-0.2, 0) is 38.3 Å². The van der Waals surface area contributed by atoms with Crippen molar-refractivity contribution in [1.82, 2.24) is 0 Å². The molecule has 354 valence electrons. The van der Waals surface area contributed by atoms with E-state index in [1.54, 1.807) is 0 Å². The minimum Gasteiger partial charge on any atom is -0.457 e. The second kappa shape index (κ2) is 39.2. The van der Waals surface area contributed by atoms with Gasteiger partial charge in [-0.1, -0.05) is 167 Å². The summed E-state index contributed by atoms with van der Waals surface area (Å²) in [5, 5.41) is 30.7. The number of esters is 1. The lowest BCUT2D eigenvalue weighted by Gasteiger charge is -2.41. The molecule has 60 heavy (non-hydrogen) atoms. The minimum atomic E-state index is -5.06. The molecule has 0 spiro atoms. The predicted molar refractivity (Wildman–Crippen MR) is 239 cm³/mol. The van der Waals surface area contributed by atoms with Crippen LogP contribution < -0.4 is 0 Å². The first-order valence-corrected chi connectivity index (χ1v) is 25.5. The van der Waals surface area contributed by atoms with Crippen LogP contribution in [0, 0.1) is 0 Å². The second-order valence-corrected chi connectivity index (χ2v) is 17.7. The fraction of sp³-hybridized carbons (Fsp3) is 0.894. The van der Waals surface area contributed by atoms with Crippen molar-refractivity contribution in [2.24, 2.45) is 0 Å². The number of carbonyl (C=O) groups is 1. The highest BCUT2D eigenvalue weighted by Crippen LogP contribution is 2.26. The smallest absolute Gasteiger partial charge is 0.397 e. The maximum atomic E-state index is 12.8.